The van der Waals surface area contributed by atoms with Crippen LogP contribution in [0.5, 0.6) is 5.75 Å². The lowest BCUT2D eigenvalue weighted by Gasteiger charge is -2.15. The van der Waals surface area contributed by atoms with E-state index in [1.54, 1.807) is 12.1 Å². The van der Waals surface area contributed by atoms with E-state index in [2.05, 4.69) is 17.0 Å². The van der Waals surface area contributed by atoms with Gasteiger partial charge in [0, 0.05) is 12.4 Å². The Morgan fingerprint density at radius 2 is 1.86 bits per heavy atom. The summed E-state index contributed by atoms with van der Waals surface area (Å²) in [6.07, 6.45) is -1.43. The van der Waals surface area contributed by atoms with Crippen molar-refractivity contribution in [2.45, 2.75) is 39.1 Å². The number of benzene rings is 1. The molecule has 0 aliphatic rings. The Bertz CT molecular complexity index is 389. The Kier molecular flexibility index (Phi) is 7.89. The number of nitrogens with one attached hydrogen (secondary N) is 1. The Hall–Kier alpha value is -0.940. The summed E-state index contributed by atoms with van der Waals surface area (Å²) in [5.74, 6) is 0.994. The third-order valence-corrected chi connectivity index (χ3v) is 3.35. The van der Waals surface area contributed by atoms with Gasteiger partial charge in [0.2, 0.25) is 0 Å². The lowest BCUT2D eigenvalue weighted by Crippen LogP contribution is -2.23. The summed E-state index contributed by atoms with van der Waals surface area (Å²) in [6.45, 7) is 3.62. The molecule has 0 heterocycles. The molecular weight excluding hydrogens is 303 g/mol. The van der Waals surface area contributed by atoms with Crippen molar-refractivity contribution in [3.8, 4) is 5.75 Å². The normalized spacial score (nSPS) is 13.2. The lowest BCUT2D eigenvalue weighted by atomic mass is 10.0. The minimum Gasteiger partial charge on any atom is -0.406 e. The van der Waals surface area contributed by atoms with Crippen LogP contribution in [0.2, 0.25) is 0 Å². The predicted molar refractivity (Wildman–Crippen MR) is 78.6 cm³/mol. The quantitative estimate of drug-likeness (QED) is 0.664. The molecule has 1 unspecified atom stereocenters. The summed E-state index contributed by atoms with van der Waals surface area (Å²) in [7, 11) is 0. The average molecular weight is 324 g/mol. The molecule has 0 saturated heterocycles. The van der Waals surface area contributed by atoms with Crippen LogP contribution in [0, 0.1) is 5.92 Å². The van der Waals surface area contributed by atoms with Crippen LogP contribution in [0.1, 0.15) is 31.7 Å². The first-order valence-corrected chi connectivity index (χ1v) is 7.59. The fourth-order valence-electron chi connectivity index (χ4n) is 2.14. The molecule has 0 aromatic heterocycles. The summed E-state index contributed by atoms with van der Waals surface area (Å²) in [6, 6.07) is 5.91. The molecule has 0 bridgehead atoms. The molecule has 0 radical (unpaired) electrons. The highest BCUT2D eigenvalue weighted by molar-refractivity contribution is 6.17. The second-order valence-corrected chi connectivity index (χ2v) is 5.33. The van der Waals surface area contributed by atoms with Crippen molar-refractivity contribution in [3.63, 3.8) is 0 Å². The number of hydrogen-bond donors (Lipinski definition) is 1. The summed E-state index contributed by atoms with van der Waals surface area (Å²) >= 11 is 5.76. The van der Waals surface area contributed by atoms with Gasteiger partial charge < -0.3 is 10.1 Å². The van der Waals surface area contributed by atoms with Gasteiger partial charge in [0.15, 0.2) is 0 Å². The number of alkyl halides is 4. The zero-order valence-corrected chi connectivity index (χ0v) is 12.8. The van der Waals surface area contributed by atoms with Gasteiger partial charge in [0.25, 0.3) is 0 Å². The minimum absolute atomic E-state index is 0.197. The van der Waals surface area contributed by atoms with Crippen molar-refractivity contribution >= 4 is 11.6 Å². The molecular formula is C15H21ClF3NO. The van der Waals surface area contributed by atoms with E-state index >= 15 is 0 Å². The molecule has 1 rings (SSSR count). The monoisotopic (exact) mass is 323 g/mol. The predicted octanol–water partition coefficient (Wildman–Crippen LogP) is 4.72. The van der Waals surface area contributed by atoms with Crippen molar-refractivity contribution in [2.75, 3.05) is 12.4 Å². The molecule has 1 N–H and O–H groups in total. The molecule has 1 atom stereocenters. The molecule has 1 aromatic rings. The van der Waals surface area contributed by atoms with Gasteiger partial charge in [0.1, 0.15) is 5.75 Å². The van der Waals surface area contributed by atoms with Crippen LogP contribution in [0.4, 0.5) is 13.2 Å². The van der Waals surface area contributed by atoms with Crippen molar-refractivity contribution in [3.05, 3.63) is 29.8 Å². The largest absolute Gasteiger partial charge is 0.573 e. The van der Waals surface area contributed by atoms with Crippen LogP contribution in [0.25, 0.3) is 0 Å². The maximum absolute atomic E-state index is 12.0. The zero-order valence-electron chi connectivity index (χ0n) is 12.0. The van der Waals surface area contributed by atoms with Crippen LogP contribution < -0.4 is 10.1 Å². The number of rotatable bonds is 9. The topological polar surface area (TPSA) is 21.3 Å². The second-order valence-electron chi connectivity index (χ2n) is 4.96. The summed E-state index contributed by atoms with van der Waals surface area (Å²) in [5, 5.41) is 3.32. The van der Waals surface area contributed by atoms with E-state index in [4.69, 9.17) is 11.6 Å². The molecule has 0 saturated carbocycles. The summed E-state index contributed by atoms with van der Waals surface area (Å²) in [5.41, 5.74) is 0.922. The van der Waals surface area contributed by atoms with E-state index in [0.717, 1.165) is 31.4 Å². The van der Waals surface area contributed by atoms with Crippen LogP contribution >= 0.6 is 11.6 Å². The van der Waals surface area contributed by atoms with Crippen LogP contribution in [0.3, 0.4) is 0 Å². The van der Waals surface area contributed by atoms with E-state index in [-0.39, 0.29) is 5.75 Å². The van der Waals surface area contributed by atoms with Gasteiger partial charge in [-0.1, -0.05) is 25.5 Å². The molecule has 120 valence electrons. The maximum Gasteiger partial charge on any atom is 0.573 e. The van der Waals surface area contributed by atoms with Crippen LogP contribution in [-0.4, -0.2) is 18.8 Å². The molecule has 2 nitrogen and oxygen atoms in total. The number of ether oxygens (including phenoxy) is 1. The van der Waals surface area contributed by atoms with Crippen molar-refractivity contribution in [1.82, 2.24) is 5.32 Å². The molecule has 0 aliphatic heterocycles. The Morgan fingerprint density at radius 1 is 1.19 bits per heavy atom. The average Bonchev–Trinajstić information content (AvgIpc) is 2.39. The highest BCUT2D eigenvalue weighted by Crippen LogP contribution is 2.22. The van der Waals surface area contributed by atoms with Gasteiger partial charge in [-0.05, 0) is 43.0 Å². The minimum atomic E-state index is -4.64. The second kappa shape index (κ2) is 9.15. The third-order valence-electron chi connectivity index (χ3n) is 3.13. The molecule has 0 amide bonds. The lowest BCUT2D eigenvalue weighted by molar-refractivity contribution is -0.274. The third kappa shape index (κ3) is 8.17. The Balaban J connectivity index is 2.38. The SMILES string of the molecule is CCCC(CCCl)CNCc1ccc(OC(F)(F)F)cc1. The maximum atomic E-state index is 12.0. The van der Waals surface area contributed by atoms with E-state index in [1.807, 2.05) is 0 Å². The standard InChI is InChI=1S/C15H21ClF3NO/c1-2-3-12(8-9-16)10-20-11-13-4-6-14(7-5-13)21-15(17,18)19/h4-7,12,20H,2-3,8-11H2,1H3. The van der Waals surface area contributed by atoms with E-state index in [0.29, 0.717) is 18.3 Å². The fraction of sp³-hybridized carbons (Fsp3) is 0.600. The summed E-state index contributed by atoms with van der Waals surface area (Å²) in [4.78, 5) is 0. The Labute approximate surface area is 128 Å². The fourth-order valence-corrected chi connectivity index (χ4v) is 2.45. The van der Waals surface area contributed by atoms with Crippen LogP contribution in [0.15, 0.2) is 24.3 Å². The molecule has 6 heteroatoms. The number of halogens is 4. The first kappa shape index (κ1) is 18.1. The molecule has 0 fully saturated rings. The highest BCUT2D eigenvalue weighted by Gasteiger charge is 2.30. The van der Waals surface area contributed by atoms with Gasteiger partial charge in [-0.25, -0.2) is 0 Å². The van der Waals surface area contributed by atoms with E-state index in [1.165, 1.54) is 12.1 Å². The van der Waals surface area contributed by atoms with Gasteiger partial charge in [-0.2, -0.15) is 0 Å². The van der Waals surface area contributed by atoms with Crippen molar-refractivity contribution in [2.24, 2.45) is 5.92 Å². The van der Waals surface area contributed by atoms with Crippen molar-refractivity contribution in [1.29, 1.82) is 0 Å². The first-order valence-electron chi connectivity index (χ1n) is 7.06. The Morgan fingerprint density at radius 3 is 2.38 bits per heavy atom. The van der Waals surface area contributed by atoms with Gasteiger partial charge >= 0.3 is 6.36 Å². The molecule has 21 heavy (non-hydrogen) atoms. The van der Waals surface area contributed by atoms with Crippen molar-refractivity contribution < 1.29 is 17.9 Å². The smallest absolute Gasteiger partial charge is 0.406 e. The first-order chi connectivity index (χ1) is 9.94. The summed E-state index contributed by atoms with van der Waals surface area (Å²) < 4.78 is 39.9. The number of hydrogen-bond acceptors (Lipinski definition) is 2. The van der Waals surface area contributed by atoms with Gasteiger partial charge in [-0.15, -0.1) is 24.8 Å². The van der Waals surface area contributed by atoms with E-state index in [9.17, 15) is 13.2 Å². The zero-order chi connectivity index (χ0) is 15.7. The molecule has 0 aliphatic carbocycles. The highest BCUT2D eigenvalue weighted by atomic mass is 35.5. The van der Waals surface area contributed by atoms with Crippen LogP contribution in [-0.2, 0) is 6.54 Å². The van der Waals surface area contributed by atoms with Gasteiger partial charge in [0.05, 0.1) is 0 Å². The van der Waals surface area contributed by atoms with Gasteiger partial charge in [-0.3, -0.25) is 0 Å². The molecule has 0 spiro atoms. The van der Waals surface area contributed by atoms with E-state index < -0.39 is 6.36 Å². The molecule has 1 aromatic carbocycles.